The van der Waals surface area contributed by atoms with E-state index in [9.17, 15) is 0 Å². The summed E-state index contributed by atoms with van der Waals surface area (Å²) in [6.07, 6.45) is 1.91. The quantitative estimate of drug-likeness (QED) is 0.733. The van der Waals surface area contributed by atoms with E-state index in [0.717, 1.165) is 48.5 Å². The maximum atomic E-state index is 5.25. The predicted octanol–water partition coefficient (Wildman–Crippen LogP) is 3.61. The van der Waals surface area contributed by atoms with E-state index in [4.69, 9.17) is 4.74 Å². The third kappa shape index (κ3) is 4.58. The molecule has 24 heavy (non-hydrogen) atoms. The molecule has 0 aliphatic carbocycles. The maximum absolute atomic E-state index is 5.25. The van der Waals surface area contributed by atoms with Crippen LogP contribution in [0.5, 0.6) is 5.75 Å². The summed E-state index contributed by atoms with van der Waals surface area (Å²) in [5.41, 5.74) is 2.44. The summed E-state index contributed by atoms with van der Waals surface area (Å²) in [7, 11) is 1.67. The van der Waals surface area contributed by atoms with Crippen molar-refractivity contribution in [3.8, 4) is 5.75 Å². The van der Waals surface area contributed by atoms with Crippen molar-refractivity contribution in [2.75, 3.05) is 33.3 Å². The summed E-state index contributed by atoms with van der Waals surface area (Å²) in [5.74, 6) is 0.835. The molecule has 0 N–H and O–H groups in total. The Morgan fingerprint density at radius 1 is 1.08 bits per heavy atom. The lowest BCUT2D eigenvalue weighted by atomic mass is 10.2. The lowest BCUT2D eigenvalue weighted by Gasteiger charge is -2.33. The Morgan fingerprint density at radius 3 is 2.50 bits per heavy atom. The fourth-order valence-corrected chi connectivity index (χ4v) is 3.32. The van der Waals surface area contributed by atoms with Gasteiger partial charge in [0.1, 0.15) is 5.75 Å². The molecule has 0 bridgehead atoms. The number of ether oxygens (including phenoxy) is 1. The van der Waals surface area contributed by atoms with E-state index < -0.39 is 0 Å². The average Bonchev–Trinajstić information content (AvgIpc) is 2.62. The molecule has 5 heteroatoms. The van der Waals surface area contributed by atoms with Crippen LogP contribution in [0.3, 0.4) is 0 Å². The van der Waals surface area contributed by atoms with E-state index in [0.29, 0.717) is 0 Å². The van der Waals surface area contributed by atoms with Crippen molar-refractivity contribution in [1.29, 1.82) is 0 Å². The Balaban J connectivity index is 1.51. The number of hydrogen-bond donors (Lipinski definition) is 0. The predicted molar refractivity (Wildman–Crippen MR) is 102 cm³/mol. The Morgan fingerprint density at radius 2 is 1.83 bits per heavy atom. The van der Waals surface area contributed by atoms with Crippen molar-refractivity contribution in [3.63, 3.8) is 0 Å². The molecule has 1 fully saturated rings. The number of hydrazone groups is 1. The first-order valence-corrected chi connectivity index (χ1v) is 8.92. The molecule has 1 saturated heterocycles. The fraction of sp³-hybridized carbons (Fsp3) is 0.316. The van der Waals surface area contributed by atoms with Crippen molar-refractivity contribution < 1.29 is 4.74 Å². The van der Waals surface area contributed by atoms with E-state index in [1.165, 1.54) is 5.56 Å². The second kappa shape index (κ2) is 8.31. The summed E-state index contributed by atoms with van der Waals surface area (Å²) in [6, 6.07) is 16.6. The van der Waals surface area contributed by atoms with Crippen molar-refractivity contribution >= 4 is 22.1 Å². The number of halogens is 1. The molecule has 3 rings (SSSR count). The van der Waals surface area contributed by atoms with Crippen molar-refractivity contribution in [3.05, 3.63) is 64.1 Å². The normalized spacial score (nSPS) is 15.8. The average molecular weight is 388 g/mol. The van der Waals surface area contributed by atoms with Crippen LogP contribution < -0.4 is 4.74 Å². The third-order valence-electron chi connectivity index (χ3n) is 4.14. The highest BCUT2D eigenvalue weighted by molar-refractivity contribution is 9.10. The molecule has 126 valence electrons. The first kappa shape index (κ1) is 17.0. The van der Waals surface area contributed by atoms with Crippen LogP contribution >= 0.6 is 15.9 Å². The number of methoxy groups -OCH3 is 1. The van der Waals surface area contributed by atoms with Gasteiger partial charge in [-0.25, -0.2) is 0 Å². The smallest absolute Gasteiger partial charge is 0.133 e. The second-order valence-electron chi connectivity index (χ2n) is 5.85. The molecule has 1 heterocycles. The molecular formula is C19H22BrN3O. The van der Waals surface area contributed by atoms with E-state index in [1.807, 2.05) is 24.4 Å². The molecule has 2 aromatic rings. The summed E-state index contributed by atoms with van der Waals surface area (Å²) in [5, 5.41) is 6.75. The Hall–Kier alpha value is -1.85. The van der Waals surface area contributed by atoms with Gasteiger partial charge in [0.15, 0.2) is 0 Å². The van der Waals surface area contributed by atoms with Crippen LogP contribution in [0.25, 0.3) is 0 Å². The minimum Gasteiger partial charge on any atom is -0.496 e. The summed E-state index contributed by atoms with van der Waals surface area (Å²) in [6.45, 7) is 5.02. The second-order valence-corrected chi connectivity index (χ2v) is 6.71. The van der Waals surface area contributed by atoms with Gasteiger partial charge in [-0.15, -0.1) is 0 Å². The molecule has 0 aromatic heterocycles. The van der Waals surface area contributed by atoms with E-state index in [2.05, 4.69) is 61.3 Å². The summed E-state index contributed by atoms with van der Waals surface area (Å²) in [4.78, 5) is 2.48. The van der Waals surface area contributed by atoms with Gasteiger partial charge in [-0.2, -0.15) is 5.10 Å². The fourth-order valence-electron chi connectivity index (χ4n) is 2.76. The number of rotatable bonds is 5. The zero-order valence-corrected chi connectivity index (χ0v) is 15.4. The van der Waals surface area contributed by atoms with Crippen molar-refractivity contribution in [1.82, 2.24) is 9.91 Å². The van der Waals surface area contributed by atoms with Gasteiger partial charge in [-0.3, -0.25) is 9.91 Å². The zero-order chi connectivity index (χ0) is 16.8. The van der Waals surface area contributed by atoms with E-state index >= 15 is 0 Å². The largest absolute Gasteiger partial charge is 0.496 e. The van der Waals surface area contributed by atoms with Crippen LogP contribution in [0.15, 0.2) is 58.1 Å². The molecule has 0 radical (unpaired) electrons. The van der Waals surface area contributed by atoms with Crippen molar-refractivity contribution in [2.24, 2.45) is 5.10 Å². The van der Waals surface area contributed by atoms with Gasteiger partial charge in [0.25, 0.3) is 0 Å². The molecule has 0 amide bonds. The van der Waals surface area contributed by atoms with Gasteiger partial charge in [0.05, 0.1) is 17.8 Å². The monoisotopic (exact) mass is 387 g/mol. The number of benzene rings is 2. The number of nitrogens with zero attached hydrogens (tertiary/aromatic N) is 3. The molecule has 0 unspecified atom stereocenters. The van der Waals surface area contributed by atoms with Gasteiger partial charge in [-0.05, 0) is 45.3 Å². The van der Waals surface area contributed by atoms with Crippen LogP contribution in [-0.4, -0.2) is 49.4 Å². The molecule has 0 atom stereocenters. The standard InChI is InChI=1S/C19H22BrN3O/c1-24-19-8-7-17(13-18(19)20)14-21-23-11-9-22(10-12-23)15-16-5-3-2-4-6-16/h2-8,13-14H,9-12,15H2,1H3. The Labute approximate surface area is 151 Å². The number of piperazine rings is 1. The van der Waals surface area contributed by atoms with Crippen LogP contribution in [0, 0.1) is 0 Å². The SMILES string of the molecule is COc1ccc(C=NN2CCN(Cc3ccccc3)CC2)cc1Br. The third-order valence-corrected chi connectivity index (χ3v) is 4.76. The Bertz CT molecular complexity index is 682. The van der Waals surface area contributed by atoms with Crippen LogP contribution in [0.4, 0.5) is 0 Å². The lowest BCUT2D eigenvalue weighted by Crippen LogP contribution is -2.43. The van der Waals surface area contributed by atoms with Gasteiger partial charge < -0.3 is 4.74 Å². The molecule has 2 aromatic carbocycles. The van der Waals surface area contributed by atoms with Gasteiger partial charge in [0, 0.05) is 32.7 Å². The van der Waals surface area contributed by atoms with Gasteiger partial charge in [0.2, 0.25) is 0 Å². The van der Waals surface area contributed by atoms with Crippen LogP contribution in [0.1, 0.15) is 11.1 Å². The molecule has 0 spiro atoms. The molecule has 1 aliphatic rings. The summed E-state index contributed by atoms with van der Waals surface area (Å²) >= 11 is 3.51. The molecule has 0 saturated carbocycles. The van der Waals surface area contributed by atoms with Crippen molar-refractivity contribution in [2.45, 2.75) is 6.54 Å². The Kier molecular flexibility index (Phi) is 5.88. The lowest BCUT2D eigenvalue weighted by molar-refractivity contribution is 0.131. The van der Waals surface area contributed by atoms with Crippen LogP contribution in [-0.2, 0) is 6.54 Å². The number of hydrogen-bond acceptors (Lipinski definition) is 4. The minimum absolute atomic E-state index is 0.835. The summed E-state index contributed by atoms with van der Waals surface area (Å²) < 4.78 is 6.19. The molecule has 4 nitrogen and oxygen atoms in total. The first-order valence-electron chi connectivity index (χ1n) is 8.13. The zero-order valence-electron chi connectivity index (χ0n) is 13.9. The van der Waals surface area contributed by atoms with E-state index in [1.54, 1.807) is 7.11 Å². The highest BCUT2D eigenvalue weighted by Crippen LogP contribution is 2.24. The van der Waals surface area contributed by atoms with E-state index in [-0.39, 0.29) is 0 Å². The first-order chi connectivity index (χ1) is 11.7. The molecule has 1 aliphatic heterocycles. The molecular weight excluding hydrogens is 366 g/mol. The van der Waals surface area contributed by atoms with Gasteiger partial charge >= 0.3 is 0 Å². The maximum Gasteiger partial charge on any atom is 0.133 e. The minimum atomic E-state index is 0.835. The van der Waals surface area contributed by atoms with Gasteiger partial charge in [-0.1, -0.05) is 30.3 Å². The highest BCUT2D eigenvalue weighted by Gasteiger charge is 2.15. The topological polar surface area (TPSA) is 28.1 Å². The van der Waals surface area contributed by atoms with Crippen LogP contribution in [0.2, 0.25) is 0 Å². The highest BCUT2D eigenvalue weighted by atomic mass is 79.9.